The number of allylic oxidation sites excluding steroid dienone is 2. The summed E-state index contributed by atoms with van der Waals surface area (Å²) in [7, 11) is 0. The molecule has 0 aromatic heterocycles. The van der Waals surface area contributed by atoms with Gasteiger partial charge in [-0.05, 0) is 44.9 Å². The summed E-state index contributed by atoms with van der Waals surface area (Å²) in [5.41, 5.74) is -2.79. The third kappa shape index (κ3) is 24.5. The van der Waals surface area contributed by atoms with E-state index in [0.29, 0.717) is 19.3 Å². The van der Waals surface area contributed by atoms with Crippen molar-refractivity contribution < 1.29 is 29.7 Å². The van der Waals surface area contributed by atoms with E-state index in [4.69, 9.17) is 0 Å². The number of Topliss-reactive ketones (excluding diaryl/α,β-unsaturated/α-hetero) is 3. The van der Waals surface area contributed by atoms with Crippen LogP contribution in [0.2, 0.25) is 0 Å². The van der Waals surface area contributed by atoms with Gasteiger partial charge in [0.25, 0.3) is 0 Å². The Bertz CT molecular complexity index is 823. The molecular weight excluding hydrogens is 612 g/mol. The molecule has 0 aliphatic carbocycles. The van der Waals surface area contributed by atoms with Crippen LogP contribution in [0.15, 0.2) is 12.2 Å². The number of carbonyl (C=O) groups is 3. The Morgan fingerprint density at radius 2 is 0.735 bits per heavy atom. The summed E-state index contributed by atoms with van der Waals surface area (Å²) in [5, 5.41) is 33.0. The SMILES string of the molecule is CCCCCCCC/C=C\CCCCCCCC(=O)C(O)(C(O)C(=O)CCC)C(O)C(=O)CCCCCCCCCCCCCCCCC. The normalized spacial score (nSPS) is 14.2. The van der Waals surface area contributed by atoms with E-state index < -0.39 is 35.2 Å². The van der Waals surface area contributed by atoms with Gasteiger partial charge in [-0.2, -0.15) is 0 Å². The highest BCUT2D eigenvalue weighted by Gasteiger charge is 2.53. The molecule has 0 saturated carbocycles. The second kappa shape index (κ2) is 33.8. The lowest BCUT2D eigenvalue weighted by atomic mass is 9.78. The maximum atomic E-state index is 13.2. The van der Waals surface area contributed by atoms with Crippen LogP contribution in [0, 0.1) is 0 Å². The summed E-state index contributed by atoms with van der Waals surface area (Å²) in [6.45, 7) is 6.25. The van der Waals surface area contributed by atoms with E-state index in [2.05, 4.69) is 26.0 Å². The molecule has 0 aromatic carbocycles. The van der Waals surface area contributed by atoms with Crippen LogP contribution in [0.5, 0.6) is 0 Å². The molecule has 0 spiro atoms. The third-order valence-corrected chi connectivity index (χ3v) is 10.1. The van der Waals surface area contributed by atoms with Crippen molar-refractivity contribution >= 4 is 17.3 Å². The van der Waals surface area contributed by atoms with E-state index in [1.807, 2.05) is 0 Å². The smallest absolute Gasteiger partial charge is 0.189 e. The van der Waals surface area contributed by atoms with Crippen LogP contribution in [-0.2, 0) is 14.4 Å². The van der Waals surface area contributed by atoms with Crippen molar-refractivity contribution in [2.24, 2.45) is 0 Å². The highest BCUT2D eigenvalue weighted by atomic mass is 16.4. The first-order chi connectivity index (χ1) is 23.8. The van der Waals surface area contributed by atoms with E-state index >= 15 is 0 Å². The predicted octanol–water partition coefficient (Wildman–Crippen LogP) is 11.2. The van der Waals surface area contributed by atoms with Crippen molar-refractivity contribution in [3.05, 3.63) is 12.2 Å². The quantitative estimate of drug-likeness (QED) is 0.0438. The van der Waals surface area contributed by atoms with Crippen molar-refractivity contribution in [2.45, 2.75) is 244 Å². The van der Waals surface area contributed by atoms with Crippen molar-refractivity contribution in [3.8, 4) is 0 Å². The fourth-order valence-electron chi connectivity index (χ4n) is 6.69. The van der Waals surface area contributed by atoms with E-state index in [1.54, 1.807) is 6.92 Å². The fourth-order valence-corrected chi connectivity index (χ4v) is 6.69. The average Bonchev–Trinajstić information content (AvgIpc) is 3.10. The molecule has 0 amide bonds. The van der Waals surface area contributed by atoms with Crippen LogP contribution in [0.4, 0.5) is 0 Å². The van der Waals surface area contributed by atoms with Gasteiger partial charge in [0.15, 0.2) is 35.2 Å². The van der Waals surface area contributed by atoms with Crippen molar-refractivity contribution in [2.75, 3.05) is 0 Å². The Morgan fingerprint density at radius 1 is 0.429 bits per heavy atom. The zero-order valence-corrected chi connectivity index (χ0v) is 32.5. The summed E-state index contributed by atoms with van der Waals surface area (Å²) < 4.78 is 0. The lowest BCUT2D eigenvalue weighted by molar-refractivity contribution is -0.181. The number of aliphatic hydroxyl groups excluding tert-OH is 2. The maximum Gasteiger partial charge on any atom is 0.189 e. The van der Waals surface area contributed by atoms with Gasteiger partial charge >= 0.3 is 0 Å². The van der Waals surface area contributed by atoms with Crippen molar-refractivity contribution in [1.82, 2.24) is 0 Å². The summed E-state index contributed by atoms with van der Waals surface area (Å²) in [6.07, 6.45) is 33.0. The first kappa shape index (κ1) is 47.6. The monoisotopic (exact) mass is 693 g/mol. The third-order valence-electron chi connectivity index (χ3n) is 10.1. The van der Waals surface area contributed by atoms with E-state index in [9.17, 15) is 29.7 Å². The van der Waals surface area contributed by atoms with Gasteiger partial charge in [-0.1, -0.05) is 174 Å². The van der Waals surface area contributed by atoms with Crippen LogP contribution in [-0.4, -0.2) is 50.5 Å². The van der Waals surface area contributed by atoms with Gasteiger partial charge in [-0.3, -0.25) is 14.4 Å². The Labute approximate surface area is 302 Å². The standard InChI is InChI=1S/C43H80O6/c1-4-7-9-11-13-15-17-19-21-23-25-27-29-31-33-36-39(45)42(48)43(49,41(47)38(44)35-6-3)40(46)37-34-32-30-28-26-24-22-20-18-16-14-12-10-8-5-2/h20,22,41-42,47-49H,4-19,21,23-37H2,1-3H3/b22-20-. The maximum absolute atomic E-state index is 13.2. The number of hydrogen-bond donors (Lipinski definition) is 3. The minimum Gasteiger partial charge on any atom is -0.382 e. The predicted molar refractivity (Wildman–Crippen MR) is 206 cm³/mol. The van der Waals surface area contributed by atoms with E-state index in [-0.39, 0.29) is 19.3 Å². The highest BCUT2D eigenvalue weighted by molar-refractivity contribution is 6.01. The van der Waals surface area contributed by atoms with Crippen LogP contribution in [0.3, 0.4) is 0 Å². The second-order valence-electron chi connectivity index (χ2n) is 14.8. The van der Waals surface area contributed by atoms with Gasteiger partial charge in [0, 0.05) is 19.3 Å². The van der Waals surface area contributed by atoms with Crippen LogP contribution in [0.1, 0.15) is 226 Å². The zero-order chi connectivity index (χ0) is 36.4. The van der Waals surface area contributed by atoms with Crippen LogP contribution >= 0.6 is 0 Å². The van der Waals surface area contributed by atoms with Gasteiger partial charge in [0.05, 0.1) is 0 Å². The molecule has 0 heterocycles. The van der Waals surface area contributed by atoms with E-state index in [1.165, 1.54) is 109 Å². The van der Waals surface area contributed by atoms with Gasteiger partial charge in [0.2, 0.25) is 0 Å². The van der Waals surface area contributed by atoms with Crippen LogP contribution < -0.4 is 0 Å². The molecule has 0 rings (SSSR count). The van der Waals surface area contributed by atoms with Gasteiger partial charge in [-0.25, -0.2) is 0 Å². The number of unbranched alkanes of at least 4 members (excludes halogenated alkanes) is 25. The summed E-state index contributed by atoms with van der Waals surface area (Å²) >= 11 is 0. The second-order valence-corrected chi connectivity index (χ2v) is 14.8. The molecule has 6 heteroatoms. The number of ketones is 3. The number of carbonyl (C=O) groups excluding carboxylic acids is 3. The Kier molecular flexibility index (Phi) is 32.8. The minimum atomic E-state index is -2.79. The molecule has 3 atom stereocenters. The average molecular weight is 693 g/mol. The molecule has 0 aliphatic heterocycles. The van der Waals surface area contributed by atoms with Gasteiger partial charge in [-0.15, -0.1) is 0 Å². The topological polar surface area (TPSA) is 112 Å². The summed E-state index contributed by atoms with van der Waals surface area (Å²) in [4.78, 5) is 38.7. The lowest BCUT2D eigenvalue weighted by Gasteiger charge is -2.34. The molecule has 0 bridgehead atoms. The molecule has 3 N–H and O–H groups in total. The Balaban J connectivity index is 4.40. The molecule has 0 radical (unpaired) electrons. The molecular formula is C43H80O6. The number of aliphatic hydroxyl groups is 3. The lowest BCUT2D eigenvalue weighted by Crippen LogP contribution is -2.63. The van der Waals surface area contributed by atoms with Crippen molar-refractivity contribution in [1.29, 1.82) is 0 Å². The van der Waals surface area contributed by atoms with E-state index in [0.717, 1.165) is 57.8 Å². The van der Waals surface area contributed by atoms with Gasteiger partial charge in [0.1, 0.15) is 0 Å². The molecule has 288 valence electrons. The van der Waals surface area contributed by atoms with Crippen LogP contribution in [0.25, 0.3) is 0 Å². The van der Waals surface area contributed by atoms with Crippen molar-refractivity contribution in [3.63, 3.8) is 0 Å². The number of rotatable bonds is 38. The molecule has 0 aliphatic rings. The number of hydrogen-bond acceptors (Lipinski definition) is 6. The molecule has 6 nitrogen and oxygen atoms in total. The molecule has 0 aromatic rings. The largest absolute Gasteiger partial charge is 0.382 e. The molecule has 49 heavy (non-hydrogen) atoms. The van der Waals surface area contributed by atoms with Gasteiger partial charge < -0.3 is 15.3 Å². The zero-order valence-electron chi connectivity index (χ0n) is 32.5. The Morgan fingerprint density at radius 3 is 1.10 bits per heavy atom. The summed E-state index contributed by atoms with van der Waals surface area (Å²) in [5.74, 6) is -2.22. The minimum absolute atomic E-state index is 0.0110. The first-order valence-electron chi connectivity index (χ1n) is 21.1. The Hall–Kier alpha value is -1.37. The fraction of sp³-hybridized carbons (Fsp3) is 0.884. The molecule has 0 saturated heterocycles. The highest BCUT2D eigenvalue weighted by Crippen LogP contribution is 2.26. The first-order valence-corrected chi connectivity index (χ1v) is 21.1. The molecule has 0 fully saturated rings. The molecule has 3 unspecified atom stereocenters. The summed E-state index contributed by atoms with van der Waals surface area (Å²) in [6, 6.07) is 0.